The number of halogens is 2. The highest BCUT2D eigenvalue weighted by molar-refractivity contribution is 5.38. The van der Waals surface area contributed by atoms with Crippen molar-refractivity contribution in [1.29, 1.82) is 5.26 Å². The Morgan fingerprint density at radius 1 is 1.20 bits per heavy atom. The second kappa shape index (κ2) is 3.47. The fraction of sp³-hybridized carbons (Fsp3) is 0.250. The Balaban J connectivity index is 2.49. The molecule has 76 valence electrons. The van der Waals surface area contributed by atoms with E-state index in [0.717, 1.165) is 6.07 Å². The maximum absolute atomic E-state index is 13.5. The van der Waals surface area contributed by atoms with Crippen LogP contribution in [0.5, 0.6) is 0 Å². The Hall–Kier alpha value is -1.69. The summed E-state index contributed by atoms with van der Waals surface area (Å²) in [4.78, 5) is 0. The molecule has 0 heterocycles. The first-order chi connectivity index (χ1) is 7.18. The van der Waals surface area contributed by atoms with Gasteiger partial charge in [-0.15, -0.1) is 0 Å². The van der Waals surface area contributed by atoms with Gasteiger partial charge in [-0.25, -0.2) is 8.78 Å². The van der Waals surface area contributed by atoms with Gasteiger partial charge >= 0.3 is 0 Å². The molecule has 0 N–H and O–H groups in total. The molecular weight excluding hydrogens is 196 g/mol. The molecule has 0 aliphatic heterocycles. The number of nitrogens with zero attached hydrogens (tertiary/aromatic N) is 1. The minimum absolute atomic E-state index is 0.288. The van der Waals surface area contributed by atoms with Crippen molar-refractivity contribution in [1.82, 2.24) is 0 Å². The van der Waals surface area contributed by atoms with E-state index in [1.54, 1.807) is 0 Å². The smallest absolute Gasteiger partial charge is 0.130 e. The second-order valence-corrected chi connectivity index (χ2v) is 3.70. The van der Waals surface area contributed by atoms with Gasteiger partial charge in [0.1, 0.15) is 11.6 Å². The van der Waals surface area contributed by atoms with Crippen molar-refractivity contribution in [3.8, 4) is 6.07 Å². The highest BCUT2D eigenvalue weighted by atomic mass is 19.1. The first kappa shape index (κ1) is 9.85. The number of benzene rings is 1. The fourth-order valence-electron chi connectivity index (χ4n) is 1.90. The van der Waals surface area contributed by atoms with Crippen molar-refractivity contribution in [2.24, 2.45) is 0 Å². The van der Waals surface area contributed by atoms with Crippen LogP contribution in [0, 0.1) is 23.0 Å². The summed E-state index contributed by atoms with van der Waals surface area (Å²) < 4.78 is 26.2. The number of allylic oxidation sites excluding steroid dienone is 2. The van der Waals surface area contributed by atoms with E-state index in [4.69, 9.17) is 5.26 Å². The summed E-state index contributed by atoms with van der Waals surface area (Å²) >= 11 is 0. The van der Waals surface area contributed by atoms with Gasteiger partial charge in [-0.3, -0.25) is 0 Å². The molecule has 0 saturated carbocycles. The molecule has 0 amide bonds. The van der Waals surface area contributed by atoms with Gasteiger partial charge in [-0.05, 0) is 18.9 Å². The standard InChI is InChI=1S/C12H9F2N/c13-9-3-4-10(11(14)7-9)12(8-15)5-1-2-6-12/h1-4,7H,5-6H2. The number of hydrogen-bond acceptors (Lipinski definition) is 1. The second-order valence-electron chi connectivity index (χ2n) is 3.70. The third-order valence-electron chi connectivity index (χ3n) is 2.76. The summed E-state index contributed by atoms with van der Waals surface area (Å²) in [5, 5.41) is 9.11. The Kier molecular flexibility index (Phi) is 2.28. The average molecular weight is 205 g/mol. The summed E-state index contributed by atoms with van der Waals surface area (Å²) in [6.07, 6.45) is 4.69. The minimum Gasteiger partial charge on any atom is -0.207 e. The van der Waals surface area contributed by atoms with Crippen LogP contribution in [0.4, 0.5) is 8.78 Å². The molecule has 3 heteroatoms. The van der Waals surface area contributed by atoms with E-state index in [1.807, 2.05) is 12.2 Å². The monoisotopic (exact) mass is 205 g/mol. The van der Waals surface area contributed by atoms with Gasteiger partial charge in [-0.2, -0.15) is 5.26 Å². The number of nitriles is 1. The first-order valence-corrected chi connectivity index (χ1v) is 4.70. The van der Waals surface area contributed by atoms with E-state index in [2.05, 4.69) is 6.07 Å². The van der Waals surface area contributed by atoms with Gasteiger partial charge in [0.05, 0.1) is 11.5 Å². The van der Waals surface area contributed by atoms with Crippen LogP contribution in [0.15, 0.2) is 30.4 Å². The van der Waals surface area contributed by atoms with Crippen LogP contribution in [-0.2, 0) is 5.41 Å². The van der Waals surface area contributed by atoms with Crippen LogP contribution < -0.4 is 0 Å². The summed E-state index contributed by atoms with van der Waals surface area (Å²) in [7, 11) is 0. The quantitative estimate of drug-likeness (QED) is 0.646. The lowest BCUT2D eigenvalue weighted by atomic mass is 9.79. The lowest BCUT2D eigenvalue weighted by Crippen LogP contribution is -2.21. The predicted octanol–water partition coefficient (Wildman–Crippen LogP) is 3.08. The molecule has 2 rings (SSSR count). The van der Waals surface area contributed by atoms with Crippen molar-refractivity contribution in [3.05, 3.63) is 47.5 Å². The Bertz CT molecular complexity index is 449. The van der Waals surface area contributed by atoms with Gasteiger partial charge in [-0.1, -0.05) is 18.2 Å². The molecule has 0 aromatic heterocycles. The molecule has 0 unspecified atom stereocenters. The molecule has 0 radical (unpaired) electrons. The Morgan fingerprint density at radius 3 is 2.40 bits per heavy atom. The Labute approximate surface area is 86.6 Å². The van der Waals surface area contributed by atoms with Crippen molar-refractivity contribution in [3.63, 3.8) is 0 Å². The van der Waals surface area contributed by atoms with Crippen LogP contribution in [0.2, 0.25) is 0 Å². The molecule has 1 aliphatic rings. The number of rotatable bonds is 1. The van der Waals surface area contributed by atoms with Crippen molar-refractivity contribution in [2.75, 3.05) is 0 Å². The maximum Gasteiger partial charge on any atom is 0.130 e. The fourth-order valence-corrected chi connectivity index (χ4v) is 1.90. The zero-order valence-corrected chi connectivity index (χ0v) is 8.00. The van der Waals surface area contributed by atoms with Crippen LogP contribution >= 0.6 is 0 Å². The molecule has 0 saturated heterocycles. The molecule has 1 aromatic rings. The first-order valence-electron chi connectivity index (χ1n) is 4.70. The van der Waals surface area contributed by atoms with E-state index in [1.165, 1.54) is 12.1 Å². The van der Waals surface area contributed by atoms with Crippen LogP contribution in [0.25, 0.3) is 0 Å². The van der Waals surface area contributed by atoms with Crippen LogP contribution in [-0.4, -0.2) is 0 Å². The zero-order valence-electron chi connectivity index (χ0n) is 8.00. The van der Waals surface area contributed by atoms with E-state index in [0.29, 0.717) is 12.8 Å². The molecule has 0 spiro atoms. The zero-order chi connectivity index (χ0) is 10.9. The van der Waals surface area contributed by atoms with Gasteiger partial charge in [0.15, 0.2) is 0 Å². The normalized spacial score (nSPS) is 17.7. The molecule has 1 nitrogen and oxygen atoms in total. The third-order valence-corrected chi connectivity index (χ3v) is 2.76. The van der Waals surface area contributed by atoms with Gasteiger partial charge < -0.3 is 0 Å². The molecule has 0 fully saturated rings. The van der Waals surface area contributed by atoms with Crippen molar-refractivity contribution < 1.29 is 8.78 Å². The van der Waals surface area contributed by atoms with Crippen LogP contribution in [0.1, 0.15) is 18.4 Å². The average Bonchev–Trinajstić information content (AvgIpc) is 2.67. The lowest BCUT2D eigenvalue weighted by Gasteiger charge is -2.21. The molecule has 15 heavy (non-hydrogen) atoms. The summed E-state index contributed by atoms with van der Waals surface area (Å²) in [6.45, 7) is 0. The van der Waals surface area contributed by atoms with E-state index in [-0.39, 0.29) is 5.56 Å². The molecule has 0 bridgehead atoms. The summed E-state index contributed by atoms with van der Waals surface area (Å²) in [5.74, 6) is -1.25. The van der Waals surface area contributed by atoms with Crippen molar-refractivity contribution >= 4 is 0 Å². The lowest BCUT2D eigenvalue weighted by molar-refractivity contribution is 0.516. The molecule has 0 atom stereocenters. The van der Waals surface area contributed by atoms with Gasteiger partial charge in [0.2, 0.25) is 0 Å². The predicted molar refractivity (Wildman–Crippen MR) is 52.0 cm³/mol. The largest absolute Gasteiger partial charge is 0.207 e. The highest BCUT2D eigenvalue weighted by Crippen LogP contribution is 2.37. The van der Waals surface area contributed by atoms with Crippen LogP contribution in [0.3, 0.4) is 0 Å². The summed E-state index contributed by atoms with van der Waals surface area (Å²) in [6, 6.07) is 5.51. The number of hydrogen-bond donors (Lipinski definition) is 0. The third kappa shape index (κ3) is 1.52. The Morgan fingerprint density at radius 2 is 1.87 bits per heavy atom. The topological polar surface area (TPSA) is 23.8 Å². The molecule has 1 aliphatic carbocycles. The maximum atomic E-state index is 13.5. The minimum atomic E-state index is -0.836. The van der Waals surface area contributed by atoms with E-state index < -0.39 is 17.0 Å². The highest BCUT2D eigenvalue weighted by Gasteiger charge is 2.35. The van der Waals surface area contributed by atoms with E-state index in [9.17, 15) is 8.78 Å². The van der Waals surface area contributed by atoms with Crippen molar-refractivity contribution in [2.45, 2.75) is 18.3 Å². The molecular formula is C12H9F2N. The summed E-state index contributed by atoms with van der Waals surface area (Å²) in [5.41, 5.74) is -0.547. The van der Waals surface area contributed by atoms with E-state index >= 15 is 0 Å². The van der Waals surface area contributed by atoms with Gasteiger partial charge in [0.25, 0.3) is 0 Å². The van der Waals surface area contributed by atoms with Gasteiger partial charge in [0, 0.05) is 11.6 Å². The SMILES string of the molecule is N#CC1(c2ccc(F)cc2F)CC=CC1. The molecule has 1 aromatic carbocycles.